The van der Waals surface area contributed by atoms with Gasteiger partial charge in [0.1, 0.15) is 5.82 Å². The zero-order valence-electron chi connectivity index (χ0n) is 16.6. The first kappa shape index (κ1) is 20.2. The van der Waals surface area contributed by atoms with Crippen molar-refractivity contribution < 1.29 is 9.18 Å². The molecule has 2 aromatic carbocycles. The molecule has 154 valence electrons. The summed E-state index contributed by atoms with van der Waals surface area (Å²) in [5.41, 5.74) is 2.21. The molecule has 4 rings (SSSR count). The predicted octanol–water partition coefficient (Wildman–Crippen LogP) is 4.04. The van der Waals surface area contributed by atoms with Crippen LogP contribution in [0.15, 0.2) is 48.5 Å². The zero-order valence-corrected chi connectivity index (χ0v) is 17.3. The van der Waals surface area contributed by atoms with Crippen LogP contribution in [0, 0.1) is 11.7 Å². The van der Waals surface area contributed by atoms with E-state index in [0.29, 0.717) is 0 Å². The Morgan fingerprint density at radius 1 is 1.03 bits per heavy atom. The van der Waals surface area contributed by atoms with Gasteiger partial charge in [-0.3, -0.25) is 9.69 Å². The van der Waals surface area contributed by atoms with Gasteiger partial charge >= 0.3 is 0 Å². The van der Waals surface area contributed by atoms with Gasteiger partial charge in [0, 0.05) is 50.0 Å². The summed E-state index contributed by atoms with van der Waals surface area (Å²) in [4.78, 5) is 19.7. The molecule has 1 atom stereocenters. The van der Waals surface area contributed by atoms with Crippen LogP contribution in [-0.4, -0.2) is 55.0 Å². The lowest BCUT2D eigenvalue weighted by Gasteiger charge is -2.39. The van der Waals surface area contributed by atoms with Gasteiger partial charge in [0.15, 0.2) is 0 Å². The Morgan fingerprint density at radius 2 is 1.79 bits per heavy atom. The van der Waals surface area contributed by atoms with Crippen molar-refractivity contribution in [1.82, 2.24) is 9.80 Å². The number of hydrogen-bond acceptors (Lipinski definition) is 3. The third-order valence-corrected chi connectivity index (χ3v) is 6.17. The molecular weight excluding hydrogens is 389 g/mol. The molecular formula is C23H27ClFN3O. The minimum absolute atomic E-state index is 0.0573. The second-order valence-electron chi connectivity index (χ2n) is 7.99. The molecule has 1 unspecified atom stereocenters. The smallest absolute Gasteiger partial charge is 0.227 e. The number of carbonyl (C=O) groups is 1. The highest BCUT2D eigenvalue weighted by molar-refractivity contribution is 6.30. The van der Waals surface area contributed by atoms with E-state index in [0.717, 1.165) is 74.9 Å². The summed E-state index contributed by atoms with van der Waals surface area (Å²) in [6.45, 7) is 5.71. The quantitative estimate of drug-likeness (QED) is 0.754. The maximum absolute atomic E-state index is 13.1. The highest BCUT2D eigenvalue weighted by atomic mass is 35.5. The number of anilines is 1. The van der Waals surface area contributed by atoms with Crippen molar-refractivity contribution in [2.75, 3.05) is 44.2 Å². The Balaban J connectivity index is 1.30. The lowest BCUT2D eigenvalue weighted by molar-refractivity contribution is -0.137. The number of hydrogen-bond donors (Lipinski definition) is 0. The van der Waals surface area contributed by atoms with E-state index in [2.05, 4.69) is 15.9 Å². The number of likely N-dealkylation sites (tertiary alicyclic amines) is 1. The number of benzene rings is 2. The molecule has 2 fully saturated rings. The van der Waals surface area contributed by atoms with Crippen LogP contribution in [0.2, 0.25) is 5.02 Å². The average molecular weight is 416 g/mol. The van der Waals surface area contributed by atoms with E-state index in [1.165, 1.54) is 12.1 Å². The highest BCUT2D eigenvalue weighted by Gasteiger charge is 2.31. The van der Waals surface area contributed by atoms with Gasteiger partial charge in [-0.25, -0.2) is 4.39 Å². The van der Waals surface area contributed by atoms with Crippen molar-refractivity contribution in [3.8, 4) is 0 Å². The van der Waals surface area contributed by atoms with E-state index in [1.807, 2.05) is 35.2 Å². The van der Waals surface area contributed by atoms with Crippen LogP contribution < -0.4 is 4.90 Å². The number of rotatable bonds is 4. The molecule has 0 radical (unpaired) electrons. The lowest BCUT2D eigenvalue weighted by atomic mass is 9.95. The van der Waals surface area contributed by atoms with Gasteiger partial charge in [-0.2, -0.15) is 0 Å². The molecule has 29 heavy (non-hydrogen) atoms. The van der Waals surface area contributed by atoms with Gasteiger partial charge in [-0.1, -0.05) is 29.8 Å². The van der Waals surface area contributed by atoms with E-state index in [-0.39, 0.29) is 17.6 Å². The van der Waals surface area contributed by atoms with Crippen molar-refractivity contribution in [1.29, 1.82) is 0 Å². The summed E-state index contributed by atoms with van der Waals surface area (Å²) < 4.78 is 13.1. The maximum Gasteiger partial charge on any atom is 0.227 e. The average Bonchev–Trinajstić information content (AvgIpc) is 2.75. The minimum Gasteiger partial charge on any atom is -0.368 e. The highest BCUT2D eigenvalue weighted by Crippen LogP contribution is 2.24. The summed E-state index contributed by atoms with van der Waals surface area (Å²) in [5.74, 6) is 0.124. The molecule has 4 nitrogen and oxygen atoms in total. The molecule has 2 aromatic rings. The molecule has 0 aromatic heterocycles. The summed E-state index contributed by atoms with van der Waals surface area (Å²) in [7, 11) is 0. The molecule has 6 heteroatoms. The molecule has 0 aliphatic carbocycles. The SMILES string of the molecule is O=C(C1CCCN(Cc2ccc(F)cc2)C1)N1CCN(c2cccc(Cl)c2)CC1. The Bertz CT molecular complexity index is 836. The molecule has 2 saturated heterocycles. The second kappa shape index (κ2) is 9.14. The summed E-state index contributed by atoms with van der Waals surface area (Å²) in [5, 5.41) is 0.740. The largest absolute Gasteiger partial charge is 0.368 e. The lowest BCUT2D eigenvalue weighted by Crippen LogP contribution is -2.52. The molecule has 0 spiro atoms. The first-order valence-corrected chi connectivity index (χ1v) is 10.7. The van der Waals surface area contributed by atoms with E-state index < -0.39 is 0 Å². The van der Waals surface area contributed by atoms with Crippen LogP contribution >= 0.6 is 11.6 Å². The van der Waals surface area contributed by atoms with Gasteiger partial charge in [-0.05, 0) is 55.3 Å². The number of piperidine rings is 1. The third-order valence-electron chi connectivity index (χ3n) is 5.94. The Morgan fingerprint density at radius 3 is 2.52 bits per heavy atom. The number of carbonyl (C=O) groups excluding carboxylic acids is 1. The van der Waals surface area contributed by atoms with Crippen molar-refractivity contribution in [3.05, 3.63) is 64.9 Å². The van der Waals surface area contributed by atoms with Crippen molar-refractivity contribution in [3.63, 3.8) is 0 Å². The first-order valence-electron chi connectivity index (χ1n) is 10.3. The Labute approximate surface area is 176 Å². The van der Waals surface area contributed by atoms with Gasteiger partial charge in [0.2, 0.25) is 5.91 Å². The zero-order chi connectivity index (χ0) is 20.2. The minimum atomic E-state index is -0.211. The fraction of sp³-hybridized carbons (Fsp3) is 0.435. The van der Waals surface area contributed by atoms with E-state index in [9.17, 15) is 9.18 Å². The van der Waals surface area contributed by atoms with Gasteiger partial charge < -0.3 is 9.80 Å². The fourth-order valence-corrected chi connectivity index (χ4v) is 4.55. The van der Waals surface area contributed by atoms with Crippen LogP contribution in [-0.2, 0) is 11.3 Å². The van der Waals surface area contributed by atoms with Gasteiger partial charge in [0.05, 0.1) is 5.92 Å². The van der Waals surface area contributed by atoms with E-state index in [1.54, 1.807) is 0 Å². The molecule has 2 aliphatic rings. The summed E-state index contributed by atoms with van der Waals surface area (Å²) >= 11 is 6.11. The molecule has 2 heterocycles. The standard InChI is InChI=1S/C23H27ClFN3O/c24-20-4-1-5-22(15-20)27-11-13-28(14-12-27)23(29)19-3-2-10-26(17-19)16-18-6-8-21(25)9-7-18/h1,4-9,15,19H,2-3,10-14,16-17H2. The number of amides is 1. The van der Waals surface area contributed by atoms with Gasteiger partial charge in [-0.15, -0.1) is 0 Å². The fourth-order valence-electron chi connectivity index (χ4n) is 4.36. The van der Waals surface area contributed by atoms with E-state index >= 15 is 0 Å². The van der Waals surface area contributed by atoms with Crippen LogP contribution in [0.25, 0.3) is 0 Å². The van der Waals surface area contributed by atoms with Crippen molar-refractivity contribution in [2.45, 2.75) is 19.4 Å². The van der Waals surface area contributed by atoms with Crippen molar-refractivity contribution in [2.24, 2.45) is 5.92 Å². The summed E-state index contributed by atoms with van der Waals surface area (Å²) in [6, 6.07) is 14.6. The molecule has 0 saturated carbocycles. The first-order chi connectivity index (χ1) is 14.1. The predicted molar refractivity (Wildman–Crippen MR) is 115 cm³/mol. The van der Waals surface area contributed by atoms with Crippen LogP contribution in [0.3, 0.4) is 0 Å². The monoisotopic (exact) mass is 415 g/mol. The maximum atomic E-state index is 13.1. The van der Waals surface area contributed by atoms with Crippen molar-refractivity contribution >= 4 is 23.2 Å². The number of nitrogens with zero attached hydrogens (tertiary/aromatic N) is 3. The third kappa shape index (κ3) is 5.09. The topological polar surface area (TPSA) is 26.8 Å². The van der Waals surface area contributed by atoms with E-state index in [4.69, 9.17) is 11.6 Å². The molecule has 0 N–H and O–H groups in total. The summed E-state index contributed by atoms with van der Waals surface area (Å²) in [6.07, 6.45) is 1.98. The molecule has 1 amide bonds. The normalized spacial score (nSPS) is 20.7. The molecule has 0 bridgehead atoms. The molecule has 2 aliphatic heterocycles. The van der Waals surface area contributed by atoms with Crippen LogP contribution in [0.5, 0.6) is 0 Å². The Kier molecular flexibility index (Phi) is 6.36. The van der Waals surface area contributed by atoms with Gasteiger partial charge in [0.25, 0.3) is 0 Å². The second-order valence-corrected chi connectivity index (χ2v) is 8.43. The number of halogens is 2. The van der Waals surface area contributed by atoms with Crippen LogP contribution in [0.4, 0.5) is 10.1 Å². The Hall–Kier alpha value is -2.11. The van der Waals surface area contributed by atoms with Crippen LogP contribution in [0.1, 0.15) is 18.4 Å². The number of piperazine rings is 1.